The molecule has 0 unspecified atom stereocenters. The van der Waals surface area contributed by atoms with Crippen LogP contribution in [0.2, 0.25) is 0 Å². The zero-order chi connectivity index (χ0) is 20.3. The maximum absolute atomic E-state index is 12.7. The van der Waals surface area contributed by atoms with Gasteiger partial charge in [0.25, 0.3) is 0 Å². The van der Waals surface area contributed by atoms with Crippen LogP contribution in [0, 0.1) is 0 Å². The summed E-state index contributed by atoms with van der Waals surface area (Å²) in [5.74, 6) is 0.664. The first kappa shape index (κ1) is 22.2. The van der Waals surface area contributed by atoms with Gasteiger partial charge in [0.05, 0.1) is 4.90 Å². The van der Waals surface area contributed by atoms with Gasteiger partial charge in [-0.25, -0.2) is 18.1 Å². The van der Waals surface area contributed by atoms with Gasteiger partial charge in [-0.3, -0.25) is 4.98 Å². The van der Waals surface area contributed by atoms with Gasteiger partial charge in [-0.15, -0.1) is 12.4 Å². The van der Waals surface area contributed by atoms with Crippen LogP contribution in [-0.4, -0.2) is 37.5 Å². The number of rotatable bonds is 8. The van der Waals surface area contributed by atoms with Crippen molar-refractivity contribution in [1.29, 1.82) is 0 Å². The van der Waals surface area contributed by atoms with Gasteiger partial charge in [0.2, 0.25) is 10.0 Å². The van der Waals surface area contributed by atoms with E-state index in [0.29, 0.717) is 25.4 Å². The average molecular weight is 447 g/mol. The van der Waals surface area contributed by atoms with Crippen molar-refractivity contribution in [3.8, 4) is 0 Å². The number of fused-ring (bicyclic) bond motifs is 2. The van der Waals surface area contributed by atoms with E-state index in [1.165, 1.54) is 0 Å². The van der Waals surface area contributed by atoms with Crippen molar-refractivity contribution in [1.82, 2.24) is 20.0 Å². The van der Waals surface area contributed by atoms with Gasteiger partial charge in [-0.2, -0.15) is 0 Å². The Labute approximate surface area is 181 Å². The second-order valence-corrected chi connectivity index (χ2v) is 8.65. The summed E-state index contributed by atoms with van der Waals surface area (Å²) < 4.78 is 33.7. The topological polar surface area (TPSA) is 97.1 Å². The molecule has 0 spiro atoms. The zero-order valence-electron chi connectivity index (χ0n) is 16.4. The van der Waals surface area contributed by atoms with Gasteiger partial charge in [0, 0.05) is 43.3 Å². The molecule has 158 valence electrons. The molecular weight excluding hydrogens is 424 g/mol. The van der Waals surface area contributed by atoms with E-state index in [9.17, 15) is 8.42 Å². The number of hydrogen-bond acceptors (Lipinski definition) is 6. The number of pyridine rings is 1. The van der Waals surface area contributed by atoms with Crippen molar-refractivity contribution in [3.05, 3.63) is 66.8 Å². The summed E-state index contributed by atoms with van der Waals surface area (Å²) in [5.41, 5.74) is 1.62. The first-order valence-electron chi connectivity index (χ1n) is 9.42. The summed E-state index contributed by atoms with van der Waals surface area (Å²) in [6, 6.07) is 14.2. The lowest BCUT2D eigenvalue weighted by Gasteiger charge is -2.15. The Hall–Kier alpha value is -2.52. The summed E-state index contributed by atoms with van der Waals surface area (Å²) >= 11 is 0. The predicted octanol–water partition coefficient (Wildman–Crippen LogP) is 3.30. The Morgan fingerprint density at radius 1 is 1.10 bits per heavy atom. The van der Waals surface area contributed by atoms with E-state index in [0.717, 1.165) is 21.9 Å². The molecule has 1 atom stereocenters. The monoisotopic (exact) mass is 446 g/mol. The fourth-order valence-electron chi connectivity index (χ4n) is 3.14. The fourth-order valence-corrected chi connectivity index (χ4v) is 4.42. The molecule has 2 N–H and O–H groups in total. The highest BCUT2D eigenvalue weighted by atomic mass is 35.5. The van der Waals surface area contributed by atoms with E-state index in [1.54, 1.807) is 36.7 Å². The maximum atomic E-state index is 12.7. The quantitative estimate of drug-likeness (QED) is 0.403. The molecule has 7 nitrogen and oxygen atoms in total. The van der Waals surface area contributed by atoms with Crippen LogP contribution in [0.5, 0.6) is 0 Å². The lowest BCUT2D eigenvalue weighted by molar-refractivity contribution is 0.499. The highest BCUT2D eigenvalue weighted by Crippen LogP contribution is 2.18. The average Bonchev–Trinajstić information content (AvgIpc) is 3.13. The molecule has 0 saturated carbocycles. The summed E-state index contributed by atoms with van der Waals surface area (Å²) in [6.45, 7) is 2.97. The van der Waals surface area contributed by atoms with Gasteiger partial charge in [0.1, 0.15) is 5.52 Å². The number of para-hydroxylation sites is 2. The molecule has 4 aromatic rings. The fraction of sp³-hybridized carbons (Fsp3) is 0.238. The van der Waals surface area contributed by atoms with Gasteiger partial charge in [0.15, 0.2) is 11.5 Å². The number of sulfonamides is 1. The van der Waals surface area contributed by atoms with Crippen LogP contribution in [0.1, 0.15) is 12.8 Å². The smallest absolute Gasteiger partial charge is 0.240 e. The van der Waals surface area contributed by atoms with E-state index in [2.05, 4.69) is 20.0 Å². The van der Waals surface area contributed by atoms with Crippen molar-refractivity contribution >= 4 is 44.3 Å². The first-order chi connectivity index (χ1) is 14.0. The van der Waals surface area contributed by atoms with E-state index in [1.807, 2.05) is 31.2 Å². The number of nitrogens with zero attached hydrogens (tertiary/aromatic N) is 2. The molecule has 0 bridgehead atoms. The summed E-state index contributed by atoms with van der Waals surface area (Å²) in [7, 11) is -3.60. The van der Waals surface area contributed by atoms with E-state index >= 15 is 0 Å². The van der Waals surface area contributed by atoms with Gasteiger partial charge in [-0.05, 0) is 42.6 Å². The molecule has 0 aliphatic heterocycles. The Morgan fingerprint density at radius 2 is 1.93 bits per heavy atom. The van der Waals surface area contributed by atoms with Gasteiger partial charge >= 0.3 is 0 Å². The second kappa shape index (κ2) is 9.53. The highest BCUT2D eigenvalue weighted by Gasteiger charge is 2.17. The number of oxazole rings is 1. The van der Waals surface area contributed by atoms with Gasteiger partial charge in [-0.1, -0.05) is 18.2 Å². The van der Waals surface area contributed by atoms with Crippen LogP contribution >= 0.6 is 12.4 Å². The summed E-state index contributed by atoms with van der Waals surface area (Å²) in [5, 5.41) is 4.99. The second-order valence-electron chi connectivity index (χ2n) is 6.94. The lowest BCUT2D eigenvalue weighted by Crippen LogP contribution is -2.40. The third-order valence-corrected chi connectivity index (χ3v) is 6.17. The molecule has 0 amide bonds. The number of hydrogen-bond donors (Lipinski definition) is 2. The number of nitrogens with one attached hydrogen (secondary N) is 2. The molecule has 30 heavy (non-hydrogen) atoms. The largest absolute Gasteiger partial charge is 0.441 e. The molecule has 9 heteroatoms. The van der Waals surface area contributed by atoms with Crippen LogP contribution < -0.4 is 10.0 Å². The Balaban J connectivity index is 0.00000256. The lowest BCUT2D eigenvalue weighted by atomic mass is 10.2. The Morgan fingerprint density at radius 3 is 2.77 bits per heavy atom. The first-order valence-corrected chi connectivity index (χ1v) is 10.9. The summed E-state index contributed by atoms with van der Waals surface area (Å²) in [6.07, 6.45) is 3.99. The standard InChI is InChI=1S/C21H22N4O3S.ClH/c1-15(13-22-11-9-21-24-19-4-2-3-5-20(19)28-21)25-29(26,27)18-7-6-17-14-23-10-8-16(17)12-18;/h2-8,10,12,14-15,22,25H,9,11,13H2,1H3;1H/t15-;/m1./s1. The van der Waals surface area contributed by atoms with Crippen LogP contribution in [0.15, 0.2) is 70.2 Å². The van der Waals surface area contributed by atoms with Gasteiger partial charge < -0.3 is 9.73 Å². The Bertz CT molecular complexity index is 1210. The van der Waals surface area contributed by atoms with E-state index in [-0.39, 0.29) is 23.3 Å². The van der Waals surface area contributed by atoms with Crippen molar-refractivity contribution in [2.75, 3.05) is 13.1 Å². The van der Waals surface area contributed by atoms with E-state index < -0.39 is 10.0 Å². The predicted molar refractivity (Wildman–Crippen MR) is 119 cm³/mol. The van der Waals surface area contributed by atoms with Crippen molar-refractivity contribution in [2.45, 2.75) is 24.3 Å². The molecular formula is C21H23ClN4O3S. The third kappa shape index (κ3) is 5.14. The third-order valence-electron chi connectivity index (χ3n) is 4.58. The normalized spacial score (nSPS) is 12.7. The Kier molecular flexibility index (Phi) is 7.04. The minimum absolute atomic E-state index is 0. The minimum atomic E-state index is -3.60. The molecule has 2 heterocycles. The van der Waals surface area contributed by atoms with E-state index in [4.69, 9.17) is 4.42 Å². The van der Waals surface area contributed by atoms with Crippen molar-refractivity contribution in [3.63, 3.8) is 0 Å². The molecule has 0 saturated heterocycles. The number of benzene rings is 2. The molecule has 0 aliphatic carbocycles. The molecule has 0 aliphatic rings. The summed E-state index contributed by atoms with van der Waals surface area (Å²) in [4.78, 5) is 8.72. The van der Waals surface area contributed by atoms with Crippen LogP contribution in [0.3, 0.4) is 0 Å². The molecule has 2 aromatic carbocycles. The molecule has 4 rings (SSSR count). The van der Waals surface area contributed by atoms with Crippen LogP contribution in [0.25, 0.3) is 21.9 Å². The highest BCUT2D eigenvalue weighted by molar-refractivity contribution is 7.89. The van der Waals surface area contributed by atoms with Crippen LogP contribution in [0.4, 0.5) is 0 Å². The van der Waals surface area contributed by atoms with Crippen molar-refractivity contribution < 1.29 is 12.8 Å². The maximum Gasteiger partial charge on any atom is 0.240 e. The van der Waals surface area contributed by atoms with Crippen molar-refractivity contribution in [2.24, 2.45) is 0 Å². The molecule has 0 radical (unpaired) electrons. The zero-order valence-corrected chi connectivity index (χ0v) is 18.0. The minimum Gasteiger partial charge on any atom is -0.441 e. The number of aromatic nitrogens is 2. The van der Waals surface area contributed by atoms with Crippen LogP contribution in [-0.2, 0) is 16.4 Å². The number of halogens is 1. The molecule has 0 fully saturated rings. The molecule has 2 aromatic heterocycles. The SMILES string of the molecule is C[C@H](CNCCc1nc2ccccc2o1)NS(=O)(=O)c1ccc2cnccc2c1.Cl.